The third-order valence-electron chi connectivity index (χ3n) is 2.17. The molecule has 1 aromatic carbocycles. The summed E-state index contributed by atoms with van der Waals surface area (Å²) in [6.45, 7) is 2.04. The van der Waals surface area contributed by atoms with Crippen molar-refractivity contribution in [3.63, 3.8) is 0 Å². The Morgan fingerprint density at radius 3 is 2.62 bits per heavy atom. The van der Waals surface area contributed by atoms with Gasteiger partial charge in [-0.1, -0.05) is 35.0 Å². The van der Waals surface area contributed by atoms with Crippen LogP contribution in [0.2, 0.25) is 0 Å². The average molecular weight is 243 g/mol. The van der Waals surface area contributed by atoms with Crippen molar-refractivity contribution >= 4 is 15.9 Å². The van der Waals surface area contributed by atoms with Crippen LogP contribution < -0.4 is 11.5 Å². The minimum Gasteiger partial charge on any atom is -0.326 e. The Morgan fingerprint density at radius 1 is 1.38 bits per heavy atom. The quantitative estimate of drug-likeness (QED) is 0.854. The maximum Gasteiger partial charge on any atom is 0.0449 e. The second-order valence-corrected chi connectivity index (χ2v) is 4.07. The van der Waals surface area contributed by atoms with E-state index in [0.29, 0.717) is 0 Å². The van der Waals surface area contributed by atoms with Gasteiger partial charge in [0.1, 0.15) is 0 Å². The summed E-state index contributed by atoms with van der Waals surface area (Å²) in [4.78, 5) is 0. The molecular weight excluding hydrogens is 228 g/mol. The van der Waals surface area contributed by atoms with E-state index in [-0.39, 0.29) is 12.1 Å². The lowest BCUT2D eigenvalue weighted by molar-refractivity contribution is 0.532. The van der Waals surface area contributed by atoms with Crippen molar-refractivity contribution in [1.82, 2.24) is 0 Å². The van der Waals surface area contributed by atoms with Crippen LogP contribution in [0.3, 0.4) is 0 Å². The first-order valence-electron chi connectivity index (χ1n) is 4.41. The average Bonchev–Trinajstić information content (AvgIpc) is 2.15. The topological polar surface area (TPSA) is 52.0 Å². The van der Waals surface area contributed by atoms with Crippen molar-refractivity contribution < 1.29 is 0 Å². The number of hydrogen-bond donors (Lipinski definition) is 2. The van der Waals surface area contributed by atoms with E-state index in [4.69, 9.17) is 11.5 Å². The molecule has 0 bridgehead atoms. The summed E-state index contributed by atoms with van der Waals surface area (Å²) < 4.78 is 1.05. The zero-order valence-electron chi connectivity index (χ0n) is 7.70. The molecule has 3 heteroatoms. The molecule has 0 aliphatic heterocycles. The van der Waals surface area contributed by atoms with Crippen LogP contribution in [0.1, 0.15) is 24.9 Å². The summed E-state index contributed by atoms with van der Waals surface area (Å²) in [5, 5.41) is 0. The van der Waals surface area contributed by atoms with Crippen LogP contribution in [0, 0.1) is 0 Å². The summed E-state index contributed by atoms with van der Waals surface area (Å²) in [5.74, 6) is 0. The summed E-state index contributed by atoms with van der Waals surface area (Å²) in [5.41, 5.74) is 12.9. The van der Waals surface area contributed by atoms with E-state index in [0.717, 1.165) is 16.5 Å². The maximum atomic E-state index is 5.97. The molecule has 0 amide bonds. The molecule has 0 heterocycles. The van der Waals surface area contributed by atoms with Crippen LogP contribution in [0.4, 0.5) is 0 Å². The van der Waals surface area contributed by atoms with Gasteiger partial charge < -0.3 is 11.5 Å². The second kappa shape index (κ2) is 4.74. The molecule has 4 N–H and O–H groups in total. The lowest BCUT2D eigenvalue weighted by Gasteiger charge is -2.18. The van der Waals surface area contributed by atoms with E-state index in [9.17, 15) is 0 Å². The third-order valence-corrected chi connectivity index (χ3v) is 2.66. The molecule has 72 valence electrons. The van der Waals surface area contributed by atoms with Crippen molar-refractivity contribution in [3.05, 3.63) is 34.3 Å². The highest BCUT2D eigenvalue weighted by Crippen LogP contribution is 2.19. The molecule has 0 radical (unpaired) electrons. The van der Waals surface area contributed by atoms with E-state index in [1.165, 1.54) is 0 Å². The van der Waals surface area contributed by atoms with E-state index in [1.54, 1.807) is 0 Å². The molecule has 0 saturated carbocycles. The van der Waals surface area contributed by atoms with Crippen molar-refractivity contribution in [3.8, 4) is 0 Å². The Bertz CT molecular complexity index is 275. The summed E-state index contributed by atoms with van der Waals surface area (Å²) in [6.07, 6.45) is 0.897. The largest absolute Gasteiger partial charge is 0.326 e. The molecule has 1 aromatic rings. The Balaban J connectivity index is 2.82. The van der Waals surface area contributed by atoms with Crippen LogP contribution in [0.25, 0.3) is 0 Å². The second-order valence-electron chi connectivity index (χ2n) is 3.15. The highest BCUT2D eigenvalue weighted by molar-refractivity contribution is 9.10. The van der Waals surface area contributed by atoms with Crippen molar-refractivity contribution in [2.45, 2.75) is 25.4 Å². The van der Waals surface area contributed by atoms with Gasteiger partial charge >= 0.3 is 0 Å². The van der Waals surface area contributed by atoms with Gasteiger partial charge in [0.15, 0.2) is 0 Å². The molecular formula is C10H15BrN2. The molecule has 1 rings (SSSR count). The molecule has 13 heavy (non-hydrogen) atoms. The first kappa shape index (κ1) is 10.7. The van der Waals surface area contributed by atoms with Crippen LogP contribution in [0.15, 0.2) is 28.7 Å². The zero-order valence-corrected chi connectivity index (χ0v) is 9.29. The maximum absolute atomic E-state index is 5.97. The molecule has 0 spiro atoms. The van der Waals surface area contributed by atoms with Crippen molar-refractivity contribution in [1.29, 1.82) is 0 Å². The van der Waals surface area contributed by atoms with Gasteiger partial charge in [-0.3, -0.25) is 0 Å². The van der Waals surface area contributed by atoms with Gasteiger partial charge in [-0.05, 0) is 24.1 Å². The predicted molar refractivity (Wildman–Crippen MR) is 59.3 cm³/mol. The van der Waals surface area contributed by atoms with E-state index >= 15 is 0 Å². The molecule has 0 aromatic heterocycles. The van der Waals surface area contributed by atoms with E-state index < -0.39 is 0 Å². The molecule has 2 atom stereocenters. The molecule has 0 aliphatic rings. The Hall–Kier alpha value is -0.380. The molecule has 0 saturated heterocycles. The summed E-state index contributed by atoms with van der Waals surface area (Å²) >= 11 is 3.41. The monoisotopic (exact) mass is 242 g/mol. The third kappa shape index (κ3) is 2.79. The molecule has 0 aliphatic carbocycles. The van der Waals surface area contributed by atoms with E-state index in [1.807, 2.05) is 31.2 Å². The minimum absolute atomic E-state index is 0.0364. The van der Waals surface area contributed by atoms with E-state index in [2.05, 4.69) is 15.9 Å². The molecule has 0 fully saturated rings. The van der Waals surface area contributed by atoms with Gasteiger partial charge in [0.05, 0.1) is 0 Å². The van der Waals surface area contributed by atoms with Crippen molar-refractivity contribution in [2.24, 2.45) is 11.5 Å². The first-order valence-corrected chi connectivity index (χ1v) is 5.21. The number of halogens is 1. The number of benzene rings is 1. The lowest BCUT2D eigenvalue weighted by Crippen LogP contribution is -2.33. The van der Waals surface area contributed by atoms with Crippen LogP contribution >= 0.6 is 15.9 Å². The standard InChI is InChI=1S/C10H15BrN2/c1-2-9(12)10(13)7-4-3-5-8(11)6-7/h3-6,9-10H,2,12-13H2,1H3/t9-,10-/m0/s1. The van der Waals surface area contributed by atoms with Crippen molar-refractivity contribution in [2.75, 3.05) is 0 Å². The van der Waals surface area contributed by atoms with Crippen LogP contribution in [-0.4, -0.2) is 6.04 Å². The van der Waals surface area contributed by atoms with Gasteiger partial charge in [0.25, 0.3) is 0 Å². The highest BCUT2D eigenvalue weighted by atomic mass is 79.9. The van der Waals surface area contributed by atoms with Gasteiger partial charge in [0, 0.05) is 16.6 Å². The first-order chi connectivity index (χ1) is 6.15. The fourth-order valence-electron chi connectivity index (χ4n) is 1.22. The predicted octanol–water partition coefficient (Wildman–Crippen LogP) is 2.19. The zero-order chi connectivity index (χ0) is 9.84. The smallest absolute Gasteiger partial charge is 0.0449 e. The van der Waals surface area contributed by atoms with Gasteiger partial charge in [-0.2, -0.15) is 0 Å². The normalized spacial score (nSPS) is 15.4. The summed E-state index contributed by atoms with van der Waals surface area (Å²) in [6, 6.07) is 7.94. The summed E-state index contributed by atoms with van der Waals surface area (Å²) in [7, 11) is 0. The fraction of sp³-hybridized carbons (Fsp3) is 0.400. The Labute approximate surface area is 87.4 Å². The van der Waals surface area contributed by atoms with Crippen LogP contribution in [0.5, 0.6) is 0 Å². The number of hydrogen-bond acceptors (Lipinski definition) is 2. The SMILES string of the molecule is CC[C@H](N)[C@@H](N)c1cccc(Br)c1. The van der Waals surface area contributed by atoms with Gasteiger partial charge in [-0.25, -0.2) is 0 Å². The number of nitrogens with two attached hydrogens (primary N) is 2. The Kier molecular flexibility index (Phi) is 3.90. The lowest BCUT2D eigenvalue weighted by atomic mass is 9.99. The molecule has 2 nitrogen and oxygen atoms in total. The molecule has 0 unspecified atom stereocenters. The highest BCUT2D eigenvalue weighted by Gasteiger charge is 2.12. The fourth-order valence-corrected chi connectivity index (χ4v) is 1.63. The number of rotatable bonds is 3. The van der Waals surface area contributed by atoms with Crippen LogP contribution in [-0.2, 0) is 0 Å². The van der Waals surface area contributed by atoms with Gasteiger partial charge in [-0.15, -0.1) is 0 Å². The minimum atomic E-state index is -0.0671. The Morgan fingerprint density at radius 2 is 2.08 bits per heavy atom. The van der Waals surface area contributed by atoms with Gasteiger partial charge in [0.2, 0.25) is 0 Å².